The van der Waals surface area contributed by atoms with Crippen LogP contribution in [0.4, 0.5) is 5.69 Å². The Bertz CT molecular complexity index is 1340. The van der Waals surface area contributed by atoms with Gasteiger partial charge in [0, 0.05) is 16.8 Å². The molecule has 0 aliphatic heterocycles. The van der Waals surface area contributed by atoms with Crippen LogP contribution in [-0.2, 0) is 36.5 Å². The van der Waals surface area contributed by atoms with Crippen LogP contribution in [0.5, 0.6) is 0 Å². The van der Waals surface area contributed by atoms with E-state index in [2.05, 4.69) is 9.71 Å². The van der Waals surface area contributed by atoms with E-state index in [4.69, 9.17) is 21.1 Å². The summed E-state index contributed by atoms with van der Waals surface area (Å²) in [6, 6.07) is 13.4. The zero-order valence-electron chi connectivity index (χ0n) is 18.8. The third kappa shape index (κ3) is 6.33. The van der Waals surface area contributed by atoms with Crippen LogP contribution in [-0.4, -0.2) is 39.6 Å². The summed E-state index contributed by atoms with van der Waals surface area (Å²) >= 11 is 6.07. The van der Waals surface area contributed by atoms with Crippen molar-refractivity contribution < 1.29 is 27.5 Å². The molecule has 34 heavy (non-hydrogen) atoms. The molecule has 178 valence electrons. The van der Waals surface area contributed by atoms with E-state index in [-0.39, 0.29) is 23.2 Å². The van der Waals surface area contributed by atoms with Gasteiger partial charge in [-0.15, -0.1) is 0 Å². The number of hydrogen-bond acceptors (Lipinski definition) is 7. The Hall–Kier alpha value is -3.43. The third-order valence-electron chi connectivity index (χ3n) is 4.95. The summed E-state index contributed by atoms with van der Waals surface area (Å²) in [4.78, 5) is 28.3. The average molecular weight is 503 g/mol. The van der Waals surface area contributed by atoms with Gasteiger partial charge in [0.25, 0.3) is 0 Å². The van der Waals surface area contributed by atoms with Gasteiger partial charge in [-0.2, -0.15) is 0 Å². The molecule has 0 aliphatic rings. The predicted octanol–water partition coefficient (Wildman–Crippen LogP) is 4.15. The number of benzene rings is 2. The summed E-state index contributed by atoms with van der Waals surface area (Å²) in [7, 11) is -1.54. The maximum atomic E-state index is 13.1. The van der Waals surface area contributed by atoms with Gasteiger partial charge in [0.2, 0.25) is 10.0 Å². The molecule has 0 unspecified atom stereocenters. The number of esters is 2. The molecule has 1 aromatic heterocycles. The minimum Gasteiger partial charge on any atom is -0.469 e. The Kier molecular flexibility index (Phi) is 7.90. The minimum absolute atomic E-state index is 0.0253. The number of carbonyl (C=O) groups excluding carboxylic acids is 2. The number of sulfonamides is 1. The van der Waals surface area contributed by atoms with Gasteiger partial charge >= 0.3 is 11.9 Å². The Balaban J connectivity index is 1.98. The van der Waals surface area contributed by atoms with Crippen LogP contribution in [0.3, 0.4) is 0 Å². The van der Waals surface area contributed by atoms with Gasteiger partial charge < -0.3 is 9.47 Å². The van der Waals surface area contributed by atoms with Crippen molar-refractivity contribution >= 4 is 39.3 Å². The number of ether oxygens (including phenoxy) is 2. The van der Waals surface area contributed by atoms with Crippen molar-refractivity contribution in [3.8, 4) is 11.3 Å². The van der Waals surface area contributed by atoms with E-state index < -0.39 is 27.7 Å². The van der Waals surface area contributed by atoms with E-state index in [0.717, 1.165) is 5.56 Å². The van der Waals surface area contributed by atoms with Crippen molar-refractivity contribution in [2.45, 2.75) is 19.1 Å². The van der Waals surface area contributed by atoms with Crippen molar-refractivity contribution in [2.24, 2.45) is 0 Å². The number of halogens is 1. The van der Waals surface area contributed by atoms with Gasteiger partial charge in [0.15, 0.2) is 0 Å². The van der Waals surface area contributed by atoms with Crippen molar-refractivity contribution in [2.75, 3.05) is 18.9 Å². The quantitative estimate of drug-likeness (QED) is 0.460. The van der Waals surface area contributed by atoms with Crippen molar-refractivity contribution in [1.29, 1.82) is 0 Å². The second-order valence-electron chi connectivity index (χ2n) is 7.50. The van der Waals surface area contributed by atoms with Gasteiger partial charge in [0.1, 0.15) is 0 Å². The third-order valence-corrected chi connectivity index (χ3v) is 6.41. The lowest BCUT2D eigenvalue weighted by Crippen LogP contribution is -2.19. The number of anilines is 1. The molecule has 2 aromatic carbocycles. The lowest BCUT2D eigenvalue weighted by Gasteiger charge is -2.15. The Morgan fingerprint density at radius 3 is 2.47 bits per heavy atom. The van der Waals surface area contributed by atoms with Crippen LogP contribution < -0.4 is 4.72 Å². The standard InChI is InChI=1S/C24H23ClN2O6S/c1-15-7-8-21(17(9-15)12-23(28)32-2)27-34(30,31)14-18-11-22(16-5-4-6-19(25)10-16)26-13-20(18)24(29)33-3/h4-11,13,27H,12,14H2,1-3H3. The number of carbonyl (C=O) groups is 2. The number of nitrogens with one attached hydrogen (secondary N) is 1. The molecule has 0 atom stereocenters. The minimum atomic E-state index is -4.00. The number of rotatable bonds is 8. The normalized spacial score (nSPS) is 11.1. The van der Waals surface area contributed by atoms with Crippen LogP contribution in [0, 0.1) is 6.92 Å². The summed E-state index contributed by atoms with van der Waals surface area (Å²) in [6.45, 7) is 1.83. The summed E-state index contributed by atoms with van der Waals surface area (Å²) in [5.74, 6) is -1.74. The first-order chi connectivity index (χ1) is 16.1. The second kappa shape index (κ2) is 10.7. The molecule has 0 amide bonds. The molecule has 0 aliphatic carbocycles. The lowest BCUT2D eigenvalue weighted by atomic mass is 10.1. The molecule has 0 fully saturated rings. The highest BCUT2D eigenvalue weighted by atomic mass is 35.5. The number of aromatic nitrogens is 1. The first kappa shape index (κ1) is 25.2. The van der Waals surface area contributed by atoms with E-state index in [9.17, 15) is 18.0 Å². The van der Waals surface area contributed by atoms with Gasteiger partial charge in [-0.05, 0) is 42.3 Å². The molecular formula is C24H23ClN2O6S. The van der Waals surface area contributed by atoms with Crippen molar-refractivity contribution in [3.63, 3.8) is 0 Å². The SMILES string of the molecule is COC(=O)Cc1cc(C)ccc1NS(=O)(=O)Cc1cc(-c2cccc(Cl)c2)ncc1C(=O)OC. The highest BCUT2D eigenvalue weighted by Gasteiger charge is 2.22. The summed E-state index contributed by atoms with van der Waals surface area (Å²) < 4.78 is 38.2. The maximum absolute atomic E-state index is 13.1. The fraction of sp³-hybridized carbons (Fsp3) is 0.208. The fourth-order valence-corrected chi connectivity index (χ4v) is 4.77. The zero-order valence-corrected chi connectivity index (χ0v) is 20.4. The topological polar surface area (TPSA) is 112 Å². The Morgan fingerprint density at radius 2 is 1.79 bits per heavy atom. The first-order valence-corrected chi connectivity index (χ1v) is 12.1. The predicted molar refractivity (Wildman–Crippen MR) is 129 cm³/mol. The zero-order chi connectivity index (χ0) is 24.9. The molecule has 3 rings (SSSR count). The van der Waals surface area contributed by atoms with Crippen molar-refractivity contribution in [3.05, 3.63) is 82.0 Å². The van der Waals surface area contributed by atoms with Crippen LogP contribution in [0.25, 0.3) is 11.3 Å². The average Bonchev–Trinajstić information content (AvgIpc) is 2.79. The molecule has 0 radical (unpaired) electrons. The number of pyridine rings is 1. The molecular weight excluding hydrogens is 480 g/mol. The van der Waals surface area contributed by atoms with Crippen LogP contribution in [0.15, 0.2) is 54.7 Å². The number of hydrogen-bond donors (Lipinski definition) is 1. The number of methoxy groups -OCH3 is 2. The monoisotopic (exact) mass is 502 g/mol. The number of nitrogens with zero attached hydrogens (tertiary/aromatic N) is 1. The molecule has 1 heterocycles. The summed E-state index contributed by atoms with van der Waals surface area (Å²) in [5, 5.41) is 0.490. The maximum Gasteiger partial charge on any atom is 0.339 e. The molecule has 10 heteroatoms. The lowest BCUT2D eigenvalue weighted by molar-refractivity contribution is -0.139. The van der Waals surface area contributed by atoms with Gasteiger partial charge in [-0.25, -0.2) is 13.2 Å². The summed E-state index contributed by atoms with van der Waals surface area (Å²) in [6.07, 6.45) is 1.18. The van der Waals surface area contributed by atoms with Gasteiger partial charge in [0.05, 0.1) is 43.3 Å². The molecule has 0 saturated heterocycles. The van der Waals surface area contributed by atoms with E-state index in [1.54, 1.807) is 42.5 Å². The molecule has 0 saturated carbocycles. The number of aryl methyl sites for hydroxylation is 1. The first-order valence-electron chi connectivity index (χ1n) is 10.1. The van der Waals surface area contributed by atoms with Gasteiger partial charge in [-0.3, -0.25) is 14.5 Å². The smallest absolute Gasteiger partial charge is 0.339 e. The van der Waals surface area contributed by atoms with E-state index in [1.807, 2.05) is 6.92 Å². The van der Waals surface area contributed by atoms with Crippen molar-refractivity contribution in [1.82, 2.24) is 4.98 Å². The highest BCUT2D eigenvalue weighted by molar-refractivity contribution is 7.91. The Morgan fingerprint density at radius 1 is 1.03 bits per heavy atom. The van der Waals surface area contributed by atoms with E-state index >= 15 is 0 Å². The van der Waals surface area contributed by atoms with Gasteiger partial charge in [-0.1, -0.05) is 41.4 Å². The largest absolute Gasteiger partial charge is 0.469 e. The van der Waals surface area contributed by atoms with E-state index in [1.165, 1.54) is 26.5 Å². The van der Waals surface area contributed by atoms with Crippen LogP contribution >= 0.6 is 11.6 Å². The molecule has 8 nitrogen and oxygen atoms in total. The molecule has 3 aromatic rings. The molecule has 0 bridgehead atoms. The molecule has 0 spiro atoms. The second-order valence-corrected chi connectivity index (χ2v) is 9.66. The van der Waals surface area contributed by atoms with E-state index in [0.29, 0.717) is 21.8 Å². The van der Waals surface area contributed by atoms with Crippen LogP contribution in [0.2, 0.25) is 5.02 Å². The Labute approximate surface area is 202 Å². The highest BCUT2D eigenvalue weighted by Crippen LogP contribution is 2.26. The summed E-state index contributed by atoms with van der Waals surface area (Å²) in [5.41, 5.74) is 2.91. The molecule has 1 N–H and O–H groups in total. The van der Waals surface area contributed by atoms with Crippen LogP contribution in [0.1, 0.15) is 27.0 Å². The fourth-order valence-electron chi connectivity index (χ4n) is 3.32.